The largest absolute Gasteiger partial charge is 0.507 e. The Balaban J connectivity index is 1.28. The molecule has 0 amide bonds. The van der Waals surface area contributed by atoms with Crippen LogP contribution in [0.25, 0.3) is 21.7 Å². The highest BCUT2D eigenvalue weighted by atomic mass is 32.1. The number of hydrogen-bond acceptors (Lipinski definition) is 9. The molecule has 1 saturated carbocycles. The number of benzene rings is 1. The van der Waals surface area contributed by atoms with Crippen molar-refractivity contribution in [3.05, 3.63) is 35.6 Å². The van der Waals surface area contributed by atoms with Crippen molar-refractivity contribution in [3.8, 4) is 33.5 Å². The Hall–Kier alpha value is -3.16. The lowest BCUT2D eigenvalue weighted by Gasteiger charge is -2.48. The van der Waals surface area contributed by atoms with Gasteiger partial charge in [-0.05, 0) is 63.6 Å². The number of nitrogens with one attached hydrogen (secondary N) is 1. The van der Waals surface area contributed by atoms with Gasteiger partial charge in [0.2, 0.25) is 5.95 Å². The van der Waals surface area contributed by atoms with Gasteiger partial charge in [-0.15, -0.1) is 21.5 Å². The van der Waals surface area contributed by atoms with Gasteiger partial charge in [0.15, 0.2) is 5.01 Å². The van der Waals surface area contributed by atoms with Crippen LogP contribution < -0.4 is 10.2 Å². The van der Waals surface area contributed by atoms with E-state index in [0.29, 0.717) is 28.6 Å². The van der Waals surface area contributed by atoms with E-state index in [1.54, 1.807) is 24.5 Å². The van der Waals surface area contributed by atoms with E-state index in [4.69, 9.17) is 5.26 Å². The van der Waals surface area contributed by atoms with E-state index in [2.05, 4.69) is 37.3 Å². The highest BCUT2D eigenvalue weighted by molar-refractivity contribution is 7.15. The number of aromatic nitrogens is 4. The molecule has 2 bridgehead atoms. The molecule has 2 saturated heterocycles. The van der Waals surface area contributed by atoms with Crippen molar-refractivity contribution in [2.24, 2.45) is 0 Å². The summed E-state index contributed by atoms with van der Waals surface area (Å²) in [7, 11) is 0. The molecular weight excluding hydrogens is 465 g/mol. The quantitative estimate of drug-likeness (QED) is 0.546. The number of rotatable bonds is 5. The van der Waals surface area contributed by atoms with E-state index in [-0.39, 0.29) is 23.4 Å². The molecule has 3 aliphatic rings. The summed E-state index contributed by atoms with van der Waals surface area (Å²) < 4.78 is 15.8. The minimum atomic E-state index is -1.02. The first-order valence-electron chi connectivity index (χ1n) is 11.9. The molecule has 3 fully saturated rings. The molecule has 35 heavy (non-hydrogen) atoms. The molecule has 0 spiro atoms. The first-order valence-corrected chi connectivity index (χ1v) is 12.7. The number of thiazole rings is 1. The predicted molar refractivity (Wildman–Crippen MR) is 131 cm³/mol. The standard InChI is InChI=1S/C25H26FN7OS/c1-24-7-8-25(2,32-24)22(26)18(10-24)33(15-4-5-15)23-29-12-17(30-31-23)16-6-3-14(9-19(16)34)20-13-28-21(11-27)35-20/h3,6,9,12-13,15,18,22,32,34H,4-5,7-8,10H2,1-2H3/t18-,22-,24-,25+/m0/s1. The van der Waals surface area contributed by atoms with Gasteiger partial charge in [-0.25, -0.2) is 14.4 Å². The zero-order valence-electron chi connectivity index (χ0n) is 19.6. The van der Waals surface area contributed by atoms with Gasteiger partial charge in [0.25, 0.3) is 0 Å². The maximum Gasteiger partial charge on any atom is 0.245 e. The Morgan fingerprint density at radius 3 is 2.69 bits per heavy atom. The predicted octanol–water partition coefficient (Wildman–Crippen LogP) is 4.22. The number of hydrogen-bond donors (Lipinski definition) is 2. The van der Waals surface area contributed by atoms with E-state index >= 15 is 4.39 Å². The molecule has 1 aromatic carbocycles. The van der Waals surface area contributed by atoms with E-state index < -0.39 is 11.7 Å². The van der Waals surface area contributed by atoms with Gasteiger partial charge in [0.05, 0.1) is 17.1 Å². The fourth-order valence-corrected chi connectivity index (χ4v) is 6.46. The summed E-state index contributed by atoms with van der Waals surface area (Å²) in [6, 6.07) is 7.18. The van der Waals surface area contributed by atoms with Crippen LogP contribution in [0.2, 0.25) is 0 Å². The molecule has 6 rings (SSSR count). The van der Waals surface area contributed by atoms with Gasteiger partial charge in [-0.1, -0.05) is 6.07 Å². The molecule has 4 heterocycles. The number of aromatic hydroxyl groups is 1. The Bertz CT molecular complexity index is 1320. The highest BCUT2D eigenvalue weighted by Crippen LogP contribution is 2.47. The van der Waals surface area contributed by atoms with Crippen molar-refractivity contribution in [2.75, 3.05) is 4.90 Å². The molecule has 2 N–H and O–H groups in total. The number of alkyl halides is 1. The number of phenols is 1. The second-order valence-electron chi connectivity index (χ2n) is 10.4. The molecule has 0 radical (unpaired) electrons. The Morgan fingerprint density at radius 2 is 2.03 bits per heavy atom. The van der Waals surface area contributed by atoms with Crippen LogP contribution in [0.4, 0.5) is 10.3 Å². The summed E-state index contributed by atoms with van der Waals surface area (Å²) in [6.07, 6.45) is 6.69. The summed E-state index contributed by atoms with van der Waals surface area (Å²) in [6.45, 7) is 4.17. The van der Waals surface area contributed by atoms with Gasteiger partial charge >= 0.3 is 0 Å². The number of fused-ring (bicyclic) bond motifs is 2. The van der Waals surface area contributed by atoms with Crippen molar-refractivity contribution in [2.45, 2.75) is 75.3 Å². The third-order valence-electron chi connectivity index (χ3n) is 7.63. The average molecular weight is 492 g/mol. The minimum Gasteiger partial charge on any atom is -0.507 e. The van der Waals surface area contributed by atoms with Gasteiger partial charge in [-0.2, -0.15) is 5.26 Å². The first-order chi connectivity index (χ1) is 16.8. The number of nitrogens with zero attached hydrogens (tertiary/aromatic N) is 6. The van der Waals surface area contributed by atoms with E-state index in [0.717, 1.165) is 36.1 Å². The van der Waals surface area contributed by atoms with E-state index in [1.165, 1.54) is 11.3 Å². The topological polar surface area (TPSA) is 111 Å². The molecule has 8 nitrogen and oxygen atoms in total. The summed E-state index contributed by atoms with van der Waals surface area (Å²) in [5.41, 5.74) is 1.10. The fraction of sp³-hybridized carbons (Fsp3) is 0.480. The monoisotopic (exact) mass is 491 g/mol. The van der Waals surface area contributed by atoms with Crippen molar-refractivity contribution in [1.29, 1.82) is 5.26 Å². The fourth-order valence-electron chi connectivity index (χ4n) is 5.75. The molecule has 2 aromatic heterocycles. The second-order valence-corrected chi connectivity index (χ2v) is 11.5. The van der Waals surface area contributed by atoms with Gasteiger partial charge in [0.1, 0.15) is 23.7 Å². The Labute approximate surface area is 206 Å². The molecule has 3 aromatic rings. The maximum absolute atomic E-state index is 15.8. The molecule has 180 valence electrons. The lowest BCUT2D eigenvalue weighted by molar-refractivity contribution is 0.0828. The molecule has 10 heteroatoms. The molecule has 2 aliphatic heterocycles. The zero-order chi connectivity index (χ0) is 24.4. The smallest absolute Gasteiger partial charge is 0.245 e. The molecule has 4 atom stereocenters. The molecular formula is C25H26FN7OS. The SMILES string of the molecule is C[C@@]12CC[C@@](C)(N1)[C@@H](F)[C@@H](N(c1ncc(-c3ccc(-c4cnc(C#N)s4)cc3O)nn1)C1CC1)C2. The van der Waals surface area contributed by atoms with Gasteiger partial charge in [-0.3, -0.25) is 0 Å². The number of halogens is 1. The van der Waals surface area contributed by atoms with E-state index in [9.17, 15) is 5.11 Å². The van der Waals surface area contributed by atoms with Gasteiger partial charge < -0.3 is 15.3 Å². The summed E-state index contributed by atoms with van der Waals surface area (Å²) in [5, 5.41) is 32.3. The van der Waals surface area contributed by atoms with Crippen LogP contribution in [-0.2, 0) is 0 Å². The number of phenolic OH excluding ortho intramolecular Hbond substituents is 1. The zero-order valence-corrected chi connectivity index (χ0v) is 20.4. The maximum atomic E-state index is 15.8. The number of nitriles is 1. The van der Waals surface area contributed by atoms with Crippen LogP contribution in [-0.4, -0.2) is 54.6 Å². The average Bonchev–Trinajstić information content (AvgIpc) is 3.48. The van der Waals surface area contributed by atoms with Crippen LogP contribution >= 0.6 is 11.3 Å². The summed E-state index contributed by atoms with van der Waals surface area (Å²) >= 11 is 1.26. The van der Waals surface area contributed by atoms with Crippen LogP contribution in [0, 0.1) is 11.3 Å². The minimum absolute atomic E-state index is 0.0388. The lowest BCUT2D eigenvalue weighted by Crippen LogP contribution is -2.66. The van der Waals surface area contributed by atoms with Crippen LogP contribution in [0.1, 0.15) is 51.0 Å². The Kier molecular flexibility index (Phi) is 5.06. The van der Waals surface area contributed by atoms with Crippen LogP contribution in [0.15, 0.2) is 30.6 Å². The van der Waals surface area contributed by atoms with Crippen molar-refractivity contribution in [1.82, 2.24) is 25.5 Å². The summed E-state index contributed by atoms with van der Waals surface area (Å²) in [5.74, 6) is 0.485. The van der Waals surface area contributed by atoms with E-state index in [1.807, 2.05) is 19.1 Å². The van der Waals surface area contributed by atoms with Gasteiger partial charge in [0, 0.05) is 28.9 Å². The lowest BCUT2D eigenvalue weighted by atomic mass is 9.82. The normalized spacial score (nSPS) is 29.7. The second kappa shape index (κ2) is 7.93. The third-order valence-corrected chi connectivity index (χ3v) is 8.58. The van der Waals surface area contributed by atoms with Crippen molar-refractivity contribution in [3.63, 3.8) is 0 Å². The Morgan fingerprint density at radius 1 is 1.20 bits per heavy atom. The molecule has 0 unspecified atom stereocenters. The highest BCUT2D eigenvalue weighted by Gasteiger charge is 2.58. The van der Waals surface area contributed by atoms with Crippen molar-refractivity contribution >= 4 is 17.3 Å². The number of piperidine rings is 1. The molecule has 1 aliphatic carbocycles. The van der Waals surface area contributed by atoms with Crippen molar-refractivity contribution < 1.29 is 9.50 Å². The first kappa shape index (κ1) is 22.3. The third kappa shape index (κ3) is 3.83. The summed E-state index contributed by atoms with van der Waals surface area (Å²) in [4.78, 5) is 11.5. The van der Waals surface area contributed by atoms with Crippen LogP contribution in [0.5, 0.6) is 5.75 Å². The number of anilines is 1. The van der Waals surface area contributed by atoms with Crippen LogP contribution in [0.3, 0.4) is 0 Å².